The van der Waals surface area contributed by atoms with Crippen LogP contribution in [0.4, 0.5) is 4.39 Å². The molecule has 1 aromatic rings. The van der Waals surface area contributed by atoms with Gasteiger partial charge in [0, 0.05) is 31.7 Å². The zero-order valence-electron chi connectivity index (χ0n) is 9.62. The molecule has 0 saturated carbocycles. The molecule has 1 saturated heterocycles. The van der Waals surface area contributed by atoms with Gasteiger partial charge in [-0.2, -0.15) is 0 Å². The Kier molecular flexibility index (Phi) is 3.79. The van der Waals surface area contributed by atoms with Gasteiger partial charge in [-0.1, -0.05) is 0 Å². The van der Waals surface area contributed by atoms with Crippen molar-refractivity contribution in [3.8, 4) is 0 Å². The van der Waals surface area contributed by atoms with Crippen LogP contribution < -0.4 is 0 Å². The number of carbonyl (C=O) groups excluding carboxylic acids is 1. The van der Waals surface area contributed by atoms with Crippen molar-refractivity contribution in [2.75, 3.05) is 33.2 Å². The molecule has 0 spiro atoms. The van der Waals surface area contributed by atoms with Crippen LogP contribution >= 0.6 is 15.9 Å². The van der Waals surface area contributed by atoms with Gasteiger partial charge in [0.25, 0.3) is 5.91 Å². The van der Waals surface area contributed by atoms with Crippen molar-refractivity contribution in [1.29, 1.82) is 0 Å². The first-order chi connectivity index (χ1) is 8.08. The van der Waals surface area contributed by atoms with Gasteiger partial charge >= 0.3 is 0 Å². The molecule has 1 amide bonds. The summed E-state index contributed by atoms with van der Waals surface area (Å²) in [5, 5.41) is 0. The summed E-state index contributed by atoms with van der Waals surface area (Å²) >= 11 is 3.09. The SMILES string of the molecule is CN1CCN(C(=O)c2ccc(F)c(Br)c2)CC1. The van der Waals surface area contributed by atoms with Gasteiger partial charge in [-0.15, -0.1) is 0 Å². The van der Waals surface area contributed by atoms with Gasteiger partial charge in [-0.25, -0.2) is 4.39 Å². The fraction of sp³-hybridized carbons (Fsp3) is 0.417. The Hall–Kier alpha value is -0.940. The molecule has 0 bridgehead atoms. The maximum Gasteiger partial charge on any atom is 0.253 e. The average Bonchev–Trinajstić information content (AvgIpc) is 2.33. The monoisotopic (exact) mass is 300 g/mol. The van der Waals surface area contributed by atoms with Crippen molar-refractivity contribution in [3.63, 3.8) is 0 Å². The lowest BCUT2D eigenvalue weighted by molar-refractivity contribution is 0.0664. The largest absolute Gasteiger partial charge is 0.336 e. The molecule has 2 rings (SSSR count). The minimum absolute atomic E-state index is 0.0289. The van der Waals surface area contributed by atoms with Crippen molar-refractivity contribution in [1.82, 2.24) is 9.80 Å². The van der Waals surface area contributed by atoms with Crippen LogP contribution in [0.2, 0.25) is 0 Å². The predicted octanol–water partition coefficient (Wildman–Crippen LogP) is 1.98. The van der Waals surface area contributed by atoms with E-state index < -0.39 is 0 Å². The first-order valence-electron chi connectivity index (χ1n) is 5.51. The van der Waals surface area contributed by atoms with Crippen LogP contribution in [0.15, 0.2) is 22.7 Å². The molecule has 0 N–H and O–H groups in total. The highest BCUT2D eigenvalue weighted by molar-refractivity contribution is 9.10. The van der Waals surface area contributed by atoms with E-state index in [1.54, 1.807) is 4.90 Å². The van der Waals surface area contributed by atoms with Crippen LogP contribution in [0.1, 0.15) is 10.4 Å². The van der Waals surface area contributed by atoms with E-state index in [1.165, 1.54) is 18.2 Å². The fourth-order valence-corrected chi connectivity index (χ4v) is 2.20. The molecule has 5 heteroatoms. The minimum atomic E-state index is -0.347. The predicted molar refractivity (Wildman–Crippen MR) is 67.5 cm³/mol. The molecule has 0 aliphatic carbocycles. The van der Waals surface area contributed by atoms with Crippen molar-refractivity contribution < 1.29 is 9.18 Å². The molecule has 0 radical (unpaired) electrons. The fourth-order valence-electron chi connectivity index (χ4n) is 1.82. The molecule has 1 aliphatic rings. The van der Waals surface area contributed by atoms with Gasteiger partial charge in [-0.3, -0.25) is 4.79 Å². The van der Waals surface area contributed by atoms with Crippen LogP contribution in [-0.2, 0) is 0 Å². The smallest absolute Gasteiger partial charge is 0.253 e. The summed E-state index contributed by atoms with van der Waals surface area (Å²) in [5.41, 5.74) is 0.530. The Morgan fingerprint density at radius 2 is 1.94 bits per heavy atom. The topological polar surface area (TPSA) is 23.6 Å². The molecular formula is C12H14BrFN2O. The lowest BCUT2D eigenvalue weighted by Gasteiger charge is -2.32. The van der Waals surface area contributed by atoms with Crippen LogP contribution in [0.5, 0.6) is 0 Å². The van der Waals surface area contributed by atoms with E-state index in [4.69, 9.17) is 0 Å². The van der Waals surface area contributed by atoms with E-state index in [-0.39, 0.29) is 11.7 Å². The van der Waals surface area contributed by atoms with Crippen LogP contribution in [0.3, 0.4) is 0 Å². The number of hydrogen-bond donors (Lipinski definition) is 0. The molecule has 0 aromatic heterocycles. The second-order valence-electron chi connectivity index (χ2n) is 4.22. The summed E-state index contributed by atoms with van der Waals surface area (Å²) in [6.07, 6.45) is 0. The summed E-state index contributed by atoms with van der Waals surface area (Å²) in [6.45, 7) is 3.22. The van der Waals surface area contributed by atoms with Crippen molar-refractivity contribution in [2.45, 2.75) is 0 Å². The molecular weight excluding hydrogens is 287 g/mol. The molecule has 17 heavy (non-hydrogen) atoms. The minimum Gasteiger partial charge on any atom is -0.336 e. The highest BCUT2D eigenvalue weighted by Gasteiger charge is 2.20. The van der Waals surface area contributed by atoms with Crippen molar-refractivity contribution in [3.05, 3.63) is 34.1 Å². The Balaban J connectivity index is 2.11. The van der Waals surface area contributed by atoms with E-state index in [2.05, 4.69) is 20.8 Å². The summed E-state index contributed by atoms with van der Waals surface area (Å²) in [4.78, 5) is 16.1. The summed E-state index contributed by atoms with van der Waals surface area (Å²) in [5.74, 6) is -0.376. The van der Waals surface area contributed by atoms with Gasteiger partial charge in [0.15, 0.2) is 0 Å². The third-order valence-electron chi connectivity index (χ3n) is 2.96. The quantitative estimate of drug-likeness (QED) is 0.792. The molecule has 1 aromatic carbocycles. The second-order valence-corrected chi connectivity index (χ2v) is 5.08. The van der Waals surface area contributed by atoms with E-state index in [1.807, 2.05) is 7.05 Å². The lowest BCUT2D eigenvalue weighted by Crippen LogP contribution is -2.47. The number of piperazine rings is 1. The van der Waals surface area contributed by atoms with Crippen LogP contribution in [0.25, 0.3) is 0 Å². The summed E-state index contributed by atoms with van der Waals surface area (Å²) in [7, 11) is 2.04. The lowest BCUT2D eigenvalue weighted by atomic mass is 10.2. The number of likely N-dealkylation sites (N-methyl/N-ethyl adjacent to an activating group) is 1. The number of nitrogens with zero attached hydrogens (tertiary/aromatic N) is 2. The third-order valence-corrected chi connectivity index (χ3v) is 3.56. The van der Waals surface area contributed by atoms with Gasteiger partial charge in [0.2, 0.25) is 0 Å². The first kappa shape index (κ1) is 12.5. The zero-order chi connectivity index (χ0) is 12.4. The van der Waals surface area contributed by atoms with Gasteiger partial charge in [0.05, 0.1) is 4.47 Å². The summed E-state index contributed by atoms with van der Waals surface area (Å²) in [6, 6.07) is 4.38. The van der Waals surface area contributed by atoms with Gasteiger partial charge < -0.3 is 9.80 Å². The number of hydrogen-bond acceptors (Lipinski definition) is 2. The van der Waals surface area contributed by atoms with Gasteiger partial charge in [0.1, 0.15) is 5.82 Å². The van der Waals surface area contributed by atoms with Crippen LogP contribution in [0, 0.1) is 5.82 Å². The highest BCUT2D eigenvalue weighted by atomic mass is 79.9. The van der Waals surface area contributed by atoms with E-state index in [9.17, 15) is 9.18 Å². The molecule has 0 unspecified atom stereocenters. The third kappa shape index (κ3) is 2.84. The van der Waals surface area contributed by atoms with E-state index >= 15 is 0 Å². The van der Waals surface area contributed by atoms with Crippen molar-refractivity contribution >= 4 is 21.8 Å². The average molecular weight is 301 g/mol. The second kappa shape index (κ2) is 5.14. The van der Waals surface area contributed by atoms with Crippen LogP contribution in [-0.4, -0.2) is 48.9 Å². The molecule has 0 atom stereocenters. The normalized spacial score (nSPS) is 17.2. The maximum atomic E-state index is 13.1. The molecule has 3 nitrogen and oxygen atoms in total. The molecule has 92 valence electrons. The van der Waals surface area contributed by atoms with Crippen molar-refractivity contribution in [2.24, 2.45) is 0 Å². The maximum absolute atomic E-state index is 13.1. The number of carbonyl (C=O) groups is 1. The zero-order valence-corrected chi connectivity index (χ0v) is 11.2. The number of benzene rings is 1. The van der Waals surface area contributed by atoms with E-state index in [0.717, 1.165) is 26.2 Å². The Morgan fingerprint density at radius 3 is 2.53 bits per heavy atom. The molecule has 1 heterocycles. The highest BCUT2D eigenvalue weighted by Crippen LogP contribution is 2.18. The summed E-state index contributed by atoms with van der Waals surface area (Å²) < 4.78 is 13.4. The Labute approximate surface area is 108 Å². The van der Waals surface area contributed by atoms with Gasteiger partial charge in [-0.05, 0) is 41.2 Å². The molecule has 1 fully saturated rings. The standard InChI is InChI=1S/C12H14BrFN2O/c1-15-4-6-16(7-5-15)12(17)9-2-3-11(14)10(13)8-9/h2-3,8H,4-7H2,1H3. The number of amides is 1. The number of halogens is 2. The number of rotatable bonds is 1. The van der Waals surface area contributed by atoms with E-state index in [0.29, 0.717) is 10.0 Å². The first-order valence-corrected chi connectivity index (χ1v) is 6.30. The Bertz CT molecular complexity index is 431. The molecule has 1 aliphatic heterocycles. The Morgan fingerprint density at radius 1 is 1.29 bits per heavy atom.